The lowest BCUT2D eigenvalue weighted by atomic mass is 10.1. The molecule has 0 bridgehead atoms. The third kappa shape index (κ3) is 7.01. The van der Waals surface area contributed by atoms with Crippen LogP contribution in [0.4, 0.5) is 5.69 Å². The van der Waals surface area contributed by atoms with E-state index in [1.807, 2.05) is 64.1 Å². The summed E-state index contributed by atoms with van der Waals surface area (Å²) in [5.74, 6) is -0.750. The molecule has 1 atom stereocenters. The highest BCUT2D eigenvalue weighted by Gasteiger charge is 2.33. The first kappa shape index (κ1) is 28.9. The SMILES string of the molecule is CCCNC(=O)C(C)N(Cc1ccc(C)cc1)C(=O)CN(c1ccc(C)cc1C)S(=O)(=O)c1ccccc1. The molecule has 0 spiro atoms. The Kier molecular flexibility index (Phi) is 9.69. The van der Waals surface area contributed by atoms with Crippen molar-refractivity contribution in [1.29, 1.82) is 0 Å². The fraction of sp³-hybridized carbons (Fsp3) is 0.333. The Morgan fingerprint density at radius 2 is 1.53 bits per heavy atom. The van der Waals surface area contributed by atoms with E-state index in [1.165, 1.54) is 17.0 Å². The standard InChI is InChI=1S/C30H37N3O4S/c1-6-18-31-30(35)25(5)32(20-26-15-12-22(2)13-16-26)29(34)21-33(28-17-14-23(3)19-24(28)4)38(36,37)27-10-8-7-9-11-27/h7-17,19,25H,6,18,20-21H2,1-5H3,(H,31,35). The zero-order valence-corrected chi connectivity index (χ0v) is 23.6. The summed E-state index contributed by atoms with van der Waals surface area (Å²) in [7, 11) is -4.07. The molecular formula is C30H37N3O4S. The fourth-order valence-electron chi connectivity index (χ4n) is 4.19. The number of hydrogen-bond acceptors (Lipinski definition) is 4. The number of amides is 2. The van der Waals surface area contributed by atoms with Gasteiger partial charge >= 0.3 is 0 Å². The number of benzene rings is 3. The van der Waals surface area contributed by atoms with Gasteiger partial charge in [-0.25, -0.2) is 8.42 Å². The molecule has 3 aromatic rings. The largest absolute Gasteiger partial charge is 0.354 e. The molecule has 1 N–H and O–H groups in total. The number of nitrogens with zero attached hydrogens (tertiary/aromatic N) is 2. The van der Waals surface area contributed by atoms with Crippen molar-refractivity contribution < 1.29 is 18.0 Å². The molecule has 0 aliphatic rings. The Morgan fingerprint density at radius 1 is 0.895 bits per heavy atom. The van der Waals surface area contributed by atoms with Gasteiger partial charge in [-0.3, -0.25) is 13.9 Å². The van der Waals surface area contributed by atoms with E-state index in [9.17, 15) is 18.0 Å². The second kappa shape index (κ2) is 12.7. The van der Waals surface area contributed by atoms with Crippen LogP contribution < -0.4 is 9.62 Å². The Hall–Kier alpha value is -3.65. The molecule has 0 aromatic heterocycles. The number of sulfonamides is 1. The summed E-state index contributed by atoms with van der Waals surface area (Å²) in [5.41, 5.74) is 4.07. The maximum atomic E-state index is 13.9. The van der Waals surface area contributed by atoms with Crippen LogP contribution in [0.2, 0.25) is 0 Å². The van der Waals surface area contributed by atoms with E-state index in [1.54, 1.807) is 31.2 Å². The van der Waals surface area contributed by atoms with Crippen molar-refractivity contribution in [2.75, 3.05) is 17.4 Å². The summed E-state index contributed by atoms with van der Waals surface area (Å²) in [6.07, 6.45) is 0.764. The maximum absolute atomic E-state index is 13.9. The average molecular weight is 536 g/mol. The van der Waals surface area contributed by atoms with Crippen molar-refractivity contribution in [3.05, 3.63) is 95.1 Å². The molecule has 202 valence electrons. The first-order chi connectivity index (χ1) is 18.0. The van der Waals surface area contributed by atoms with Crippen LogP contribution in [0.5, 0.6) is 0 Å². The van der Waals surface area contributed by atoms with Gasteiger partial charge < -0.3 is 10.2 Å². The smallest absolute Gasteiger partial charge is 0.264 e. The molecule has 3 aromatic carbocycles. The first-order valence-electron chi connectivity index (χ1n) is 12.8. The molecule has 3 rings (SSSR count). The number of aryl methyl sites for hydroxylation is 3. The topological polar surface area (TPSA) is 86.8 Å². The second-order valence-corrected chi connectivity index (χ2v) is 11.5. The molecule has 8 heteroatoms. The highest BCUT2D eigenvalue weighted by molar-refractivity contribution is 7.92. The van der Waals surface area contributed by atoms with Crippen molar-refractivity contribution in [2.24, 2.45) is 0 Å². The lowest BCUT2D eigenvalue weighted by Gasteiger charge is -2.32. The normalized spacial score (nSPS) is 12.0. The third-order valence-electron chi connectivity index (χ3n) is 6.42. The monoisotopic (exact) mass is 535 g/mol. The third-order valence-corrected chi connectivity index (χ3v) is 8.20. The summed E-state index contributed by atoms with van der Waals surface area (Å²) >= 11 is 0. The summed E-state index contributed by atoms with van der Waals surface area (Å²) in [5, 5.41) is 2.85. The van der Waals surface area contributed by atoms with E-state index in [-0.39, 0.29) is 17.3 Å². The van der Waals surface area contributed by atoms with Crippen LogP contribution in [0, 0.1) is 20.8 Å². The van der Waals surface area contributed by atoms with Crippen molar-refractivity contribution >= 4 is 27.5 Å². The number of carbonyl (C=O) groups excluding carboxylic acids is 2. The van der Waals surface area contributed by atoms with Crippen molar-refractivity contribution in [3.63, 3.8) is 0 Å². The van der Waals surface area contributed by atoms with Crippen LogP contribution in [0.15, 0.2) is 77.7 Å². The minimum atomic E-state index is -4.07. The van der Waals surface area contributed by atoms with E-state index in [0.717, 1.165) is 33.0 Å². The zero-order valence-electron chi connectivity index (χ0n) is 22.8. The van der Waals surface area contributed by atoms with E-state index < -0.39 is 28.5 Å². The molecule has 2 amide bonds. The number of hydrogen-bond donors (Lipinski definition) is 1. The summed E-state index contributed by atoms with van der Waals surface area (Å²) in [6, 6.07) is 20.4. The number of anilines is 1. The van der Waals surface area contributed by atoms with Gasteiger partial charge in [0.2, 0.25) is 11.8 Å². The Morgan fingerprint density at radius 3 is 2.13 bits per heavy atom. The Bertz CT molecular complexity index is 1360. The van der Waals surface area contributed by atoms with E-state index in [2.05, 4.69) is 5.32 Å². The molecule has 0 heterocycles. The highest BCUT2D eigenvalue weighted by atomic mass is 32.2. The van der Waals surface area contributed by atoms with Gasteiger partial charge in [-0.2, -0.15) is 0 Å². The molecule has 1 unspecified atom stereocenters. The van der Waals surface area contributed by atoms with Crippen molar-refractivity contribution in [1.82, 2.24) is 10.2 Å². The van der Waals surface area contributed by atoms with Crippen LogP contribution >= 0.6 is 0 Å². The van der Waals surface area contributed by atoms with Crippen LogP contribution in [0.25, 0.3) is 0 Å². The predicted octanol–water partition coefficient (Wildman–Crippen LogP) is 4.75. The lowest BCUT2D eigenvalue weighted by molar-refractivity contribution is -0.139. The van der Waals surface area contributed by atoms with Gasteiger partial charge in [-0.15, -0.1) is 0 Å². The molecule has 7 nitrogen and oxygen atoms in total. The summed E-state index contributed by atoms with van der Waals surface area (Å²) in [6.45, 7) is 9.57. The van der Waals surface area contributed by atoms with Crippen LogP contribution in [0.3, 0.4) is 0 Å². The molecule has 0 saturated heterocycles. The van der Waals surface area contributed by atoms with Gasteiger partial charge in [0.05, 0.1) is 10.6 Å². The molecular weight excluding hydrogens is 498 g/mol. The van der Waals surface area contributed by atoms with Gasteiger partial charge in [-0.05, 0) is 63.4 Å². The van der Waals surface area contributed by atoms with Gasteiger partial charge in [0.1, 0.15) is 12.6 Å². The van der Waals surface area contributed by atoms with E-state index in [4.69, 9.17) is 0 Å². The van der Waals surface area contributed by atoms with Crippen LogP contribution in [-0.4, -0.2) is 44.3 Å². The zero-order chi connectivity index (χ0) is 27.9. The molecule has 0 aliphatic carbocycles. The van der Waals surface area contributed by atoms with E-state index >= 15 is 0 Å². The molecule has 0 radical (unpaired) electrons. The number of rotatable bonds is 11. The quantitative estimate of drug-likeness (QED) is 0.384. The lowest BCUT2D eigenvalue weighted by Crippen LogP contribution is -2.51. The first-order valence-corrected chi connectivity index (χ1v) is 14.3. The summed E-state index contributed by atoms with van der Waals surface area (Å²) in [4.78, 5) is 28.4. The highest BCUT2D eigenvalue weighted by Crippen LogP contribution is 2.28. The number of nitrogens with one attached hydrogen (secondary N) is 1. The van der Waals surface area contributed by atoms with Crippen molar-refractivity contribution in [2.45, 2.75) is 58.5 Å². The minimum Gasteiger partial charge on any atom is -0.354 e. The molecule has 0 saturated carbocycles. The summed E-state index contributed by atoms with van der Waals surface area (Å²) < 4.78 is 28.8. The molecule has 0 fully saturated rings. The molecule has 0 aliphatic heterocycles. The fourth-order valence-corrected chi connectivity index (χ4v) is 5.69. The van der Waals surface area contributed by atoms with Gasteiger partial charge in [0, 0.05) is 13.1 Å². The minimum absolute atomic E-state index is 0.0894. The van der Waals surface area contributed by atoms with Gasteiger partial charge in [-0.1, -0.05) is 72.6 Å². The van der Waals surface area contributed by atoms with Gasteiger partial charge in [0.25, 0.3) is 10.0 Å². The van der Waals surface area contributed by atoms with E-state index in [0.29, 0.717) is 12.2 Å². The van der Waals surface area contributed by atoms with Gasteiger partial charge in [0.15, 0.2) is 0 Å². The Labute approximate surface area is 226 Å². The number of carbonyl (C=O) groups is 2. The average Bonchev–Trinajstić information content (AvgIpc) is 2.90. The van der Waals surface area contributed by atoms with Crippen LogP contribution in [-0.2, 0) is 26.2 Å². The Balaban J connectivity index is 2.03. The molecule has 38 heavy (non-hydrogen) atoms. The van der Waals surface area contributed by atoms with Crippen LogP contribution in [0.1, 0.15) is 42.5 Å². The van der Waals surface area contributed by atoms with Crippen molar-refractivity contribution in [3.8, 4) is 0 Å². The second-order valence-electron chi connectivity index (χ2n) is 9.59. The predicted molar refractivity (Wildman–Crippen MR) is 151 cm³/mol. The maximum Gasteiger partial charge on any atom is 0.264 e.